The summed E-state index contributed by atoms with van der Waals surface area (Å²) in [4.78, 5) is 2.15. The normalized spacial score (nSPS) is 12.2. The van der Waals surface area contributed by atoms with Crippen molar-refractivity contribution in [1.29, 1.82) is 0 Å². The number of rotatable bonds is 5. The fourth-order valence-electron chi connectivity index (χ4n) is 2.02. The van der Waals surface area contributed by atoms with Gasteiger partial charge in [0.1, 0.15) is 5.03 Å². The standard InChI is InChI=1S/C15H19N3S/c1-12(13-7-5-4-6-8-13)11-18(2)14-9-10-15(19-3)17-16-14/h4-10,12H,11H2,1-3H3. The number of benzene rings is 1. The lowest BCUT2D eigenvalue weighted by Crippen LogP contribution is -2.24. The molecule has 3 nitrogen and oxygen atoms in total. The van der Waals surface area contributed by atoms with Crippen LogP contribution in [0.4, 0.5) is 5.82 Å². The van der Waals surface area contributed by atoms with Crippen molar-refractivity contribution in [2.45, 2.75) is 17.9 Å². The zero-order valence-corrected chi connectivity index (χ0v) is 12.4. The first-order chi connectivity index (χ1) is 9.20. The highest BCUT2D eigenvalue weighted by Crippen LogP contribution is 2.19. The summed E-state index contributed by atoms with van der Waals surface area (Å²) in [6.45, 7) is 3.16. The Balaban J connectivity index is 2.02. The SMILES string of the molecule is CSc1ccc(N(C)CC(C)c2ccccc2)nn1. The Bertz CT molecular complexity index is 499. The molecule has 0 spiro atoms. The van der Waals surface area contributed by atoms with E-state index in [0.717, 1.165) is 17.4 Å². The van der Waals surface area contributed by atoms with Crippen molar-refractivity contribution in [2.75, 3.05) is 24.7 Å². The highest BCUT2D eigenvalue weighted by Gasteiger charge is 2.10. The summed E-state index contributed by atoms with van der Waals surface area (Å²) in [5, 5.41) is 9.37. The average molecular weight is 273 g/mol. The summed E-state index contributed by atoms with van der Waals surface area (Å²) in [5.74, 6) is 1.38. The van der Waals surface area contributed by atoms with Crippen LogP contribution in [0.1, 0.15) is 18.4 Å². The van der Waals surface area contributed by atoms with Gasteiger partial charge in [0.15, 0.2) is 5.82 Å². The smallest absolute Gasteiger partial charge is 0.151 e. The lowest BCUT2D eigenvalue weighted by atomic mass is 10.0. The summed E-state index contributed by atoms with van der Waals surface area (Å²) < 4.78 is 0. The molecule has 0 aliphatic carbocycles. The van der Waals surface area contributed by atoms with Crippen LogP contribution in [-0.2, 0) is 0 Å². The van der Waals surface area contributed by atoms with E-state index in [0.29, 0.717) is 5.92 Å². The molecule has 19 heavy (non-hydrogen) atoms. The molecular weight excluding hydrogens is 254 g/mol. The van der Waals surface area contributed by atoms with Gasteiger partial charge in [0.2, 0.25) is 0 Å². The second-order valence-electron chi connectivity index (χ2n) is 4.63. The molecule has 0 bridgehead atoms. The Kier molecular flexibility index (Phi) is 4.80. The van der Waals surface area contributed by atoms with Crippen LogP contribution >= 0.6 is 11.8 Å². The molecule has 0 radical (unpaired) electrons. The Hall–Kier alpha value is -1.55. The molecule has 2 aromatic rings. The zero-order chi connectivity index (χ0) is 13.7. The highest BCUT2D eigenvalue weighted by molar-refractivity contribution is 7.98. The molecule has 0 amide bonds. The zero-order valence-electron chi connectivity index (χ0n) is 11.6. The molecular formula is C15H19N3S. The van der Waals surface area contributed by atoms with Crippen molar-refractivity contribution in [2.24, 2.45) is 0 Å². The molecule has 0 aliphatic rings. The van der Waals surface area contributed by atoms with Gasteiger partial charge in [-0.15, -0.1) is 22.0 Å². The monoisotopic (exact) mass is 273 g/mol. The van der Waals surface area contributed by atoms with E-state index in [-0.39, 0.29) is 0 Å². The van der Waals surface area contributed by atoms with E-state index in [9.17, 15) is 0 Å². The number of likely N-dealkylation sites (N-methyl/N-ethyl adjacent to an activating group) is 1. The van der Waals surface area contributed by atoms with Gasteiger partial charge in [-0.05, 0) is 29.9 Å². The van der Waals surface area contributed by atoms with Gasteiger partial charge in [0.25, 0.3) is 0 Å². The van der Waals surface area contributed by atoms with Gasteiger partial charge in [0, 0.05) is 13.6 Å². The number of hydrogen-bond donors (Lipinski definition) is 0. The fraction of sp³-hybridized carbons (Fsp3) is 0.333. The Labute approximate surface area is 119 Å². The van der Waals surface area contributed by atoms with Gasteiger partial charge in [0.05, 0.1) is 0 Å². The molecule has 1 atom stereocenters. The summed E-state index contributed by atoms with van der Waals surface area (Å²) in [7, 11) is 2.06. The maximum atomic E-state index is 4.25. The summed E-state index contributed by atoms with van der Waals surface area (Å²) in [6.07, 6.45) is 2.00. The summed E-state index contributed by atoms with van der Waals surface area (Å²) in [5.41, 5.74) is 1.35. The van der Waals surface area contributed by atoms with Crippen molar-refractivity contribution in [3.63, 3.8) is 0 Å². The maximum Gasteiger partial charge on any atom is 0.151 e. The van der Waals surface area contributed by atoms with Gasteiger partial charge in [-0.25, -0.2) is 0 Å². The minimum atomic E-state index is 0.466. The predicted octanol–water partition coefficient (Wildman–Crippen LogP) is 3.44. The van der Waals surface area contributed by atoms with Gasteiger partial charge in [-0.2, -0.15) is 0 Å². The topological polar surface area (TPSA) is 29.0 Å². The Morgan fingerprint density at radius 1 is 1.11 bits per heavy atom. The predicted molar refractivity (Wildman–Crippen MR) is 81.9 cm³/mol. The van der Waals surface area contributed by atoms with Gasteiger partial charge >= 0.3 is 0 Å². The lowest BCUT2D eigenvalue weighted by Gasteiger charge is -2.22. The first-order valence-corrected chi connectivity index (χ1v) is 7.57. The van der Waals surface area contributed by atoms with Crippen LogP contribution in [0.2, 0.25) is 0 Å². The quantitative estimate of drug-likeness (QED) is 0.780. The fourth-order valence-corrected chi connectivity index (χ4v) is 2.34. The lowest BCUT2D eigenvalue weighted by molar-refractivity contribution is 0.718. The van der Waals surface area contributed by atoms with E-state index in [4.69, 9.17) is 0 Å². The molecule has 1 unspecified atom stereocenters. The summed E-state index contributed by atoms with van der Waals surface area (Å²) in [6, 6.07) is 14.6. The van der Waals surface area contributed by atoms with Gasteiger partial charge in [-0.3, -0.25) is 0 Å². The number of nitrogens with zero attached hydrogens (tertiary/aromatic N) is 3. The van der Waals surface area contributed by atoms with E-state index in [1.807, 2.05) is 24.5 Å². The number of anilines is 1. The molecule has 0 N–H and O–H groups in total. The molecule has 100 valence electrons. The largest absolute Gasteiger partial charge is 0.358 e. The molecule has 1 aromatic heterocycles. The van der Waals surface area contributed by atoms with Crippen LogP contribution in [0.25, 0.3) is 0 Å². The average Bonchev–Trinajstić information content (AvgIpc) is 2.48. The van der Waals surface area contributed by atoms with Crippen molar-refractivity contribution < 1.29 is 0 Å². The Morgan fingerprint density at radius 2 is 1.84 bits per heavy atom. The third-order valence-electron chi connectivity index (χ3n) is 3.14. The molecule has 0 saturated heterocycles. The number of aromatic nitrogens is 2. The van der Waals surface area contributed by atoms with Crippen molar-refractivity contribution in [1.82, 2.24) is 10.2 Å². The van der Waals surface area contributed by atoms with Gasteiger partial charge < -0.3 is 4.90 Å². The van der Waals surface area contributed by atoms with Crippen LogP contribution in [0.3, 0.4) is 0 Å². The van der Waals surface area contributed by atoms with Crippen LogP contribution < -0.4 is 4.90 Å². The third-order valence-corrected chi connectivity index (χ3v) is 3.78. The first-order valence-electron chi connectivity index (χ1n) is 6.34. The third kappa shape index (κ3) is 3.70. The van der Waals surface area contributed by atoms with Gasteiger partial charge in [-0.1, -0.05) is 37.3 Å². The highest BCUT2D eigenvalue weighted by atomic mass is 32.2. The Morgan fingerprint density at radius 3 is 2.42 bits per heavy atom. The number of hydrogen-bond acceptors (Lipinski definition) is 4. The van der Waals surface area contributed by atoms with E-state index in [1.54, 1.807) is 11.8 Å². The molecule has 1 heterocycles. The molecule has 0 aliphatic heterocycles. The van der Waals surface area contributed by atoms with E-state index in [1.165, 1.54) is 5.56 Å². The van der Waals surface area contributed by atoms with Crippen molar-refractivity contribution in [3.05, 3.63) is 48.0 Å². The second-order valence-corrected chi connectivity index (χ2v) is 5.45. The van der Waals surface area contributed by atoms with Crippen LogP contribution in [0.15, 0.2) is 47.5 Å². The van der Waals surface area contributed by atoms with E-state index < -0.39 is 0 Å². The van der Waals surface area contributed by atoms with Crippen LogP contribution in [0.5, 0.6) is 0 Å². The van der Waals surface area contributed by atoms with E-state index >= 15 is 0 Å². The minimum Gasteiger partial charge on any atom is -0.358 e. The van der Waals surface area contributed by atoms with Crippen LogP contribution in [0, 0.1) is 0 Å². The summed E-state index contributed by atoms with van der Waals surface area (Å²) >= 11 is 1.61. The van der Waals surface area contributed by atoms with Crippen molar-refractivity contribution in [3.8, 4) is 0 Å². The minimum absolute atomic E-state index is 0.466. The van der Waals surface area contributed by atoms with E-state index in [2.05, 4.69) is 53.3 Å². The molecule has 4 heteroatoms. The van der Waals surface area contributed by atoms with Crippen molar-refractivity contribution >= 4 is 17.6 Å². The molecule has 1 aromatic carbocycles. The number of thioether (sulfide) groups is 1. The molecule has 0 fully saturated rings. The second kappa shape index (κ2) is 6.57. The first kappa shape index (κ1) is 13.9. The molecule has 0 saturated carbocycles. The van der Waals surface area contributed by atoms with Crippen LogP contribution in [-0.4, -0.2) is 30.0 Å². The molecule has 2 rings (SSSR count). The maximum absolute atomic E-state index is 4.25.